The Labute approximate surface area is 91.7 Å². The number of hydrogen-bond acceptors (Lipinski definition) is 2. The van der Waals surface area contributed by atoms with Gasteiger partial charge in [0.05, 0.1) is 7.11 Å². The first kappa shape index (κ1) is 11.8. The molecular weight excluding hydrogens is 186 g/mol. The summed E-state index contributed by atoms with van der Waals surface area (Å²) in [4.78, 5) is 0. The van der Waals surface area contributed by atoms with Crippen LogP contribution in [-0.2, 0) is 0 Å². The van der Waals surface area contributed by atoms with Crippen LogP contribution in [-0.4, -0.2) is 13.7 Å². The predicted octanol–water partition coefficient (Wildman–Crippen LogP) is 2.67. The SMILES string of the molecule is COc1cc(C)c(C=CCCN)cc1C. The molecule has 0 aliphatic rings. The van der Waals surface area contributed by atoms with Gasteiger partial charge < -0.3 is 10.5 Å². The highest BCUT2D eigenvalue weighted by atomic mass is 16.5. The van der Waals surface area contributed by atoms with Crippen molar-refractivity contribution in [3.05, 3.63) is 34.9 Å². The van der Waals surface area contributed by atoms with Crippen molar-refractivity contribution in [1.29, 1.82) is 0 Å². The number of nitrogens with two attached hydrogens (primary N) is 1. The summed E-state index contributed by atoms with van der Waals surface area (Å²) < 4.78 is 5.26. The zero-order valence-electron chi connectivity index (χ0n) is 9.71. The third-order valence-corrected chi connectivity index (χ3v) is 2.41. The topological polar surface area (TPSA) is 35.2 Å². The molecule has 15 heavy (non-hydrogen) atoms. The van der Waals surface area contributed by atoms with Crippen LogP contribution in [0.3, 0.4) is 0 Å². The lowest BCUT2D eigenvalue weighted by Crippen LogP contribution is -1.95. The summed E-state index contributed by atoms with van der Waals surface area (Å²) in [5.41, 5.74) is 9.06. The molecule has 0 bridgehead atoms. The highest BCUT2D eigenvalue weighted by Crippen LogP contribution is 2.23. The van der Waals surface area contributed by atoms with Crippen molar-refractivity contribution in [3.8, 4) is 5.75 Å². The minimum Gasteiger partial charge on any atom is -0.496 e. The second-order valence-electron chi connectivity index (χ2n) is 3.66. The van der Waals surface area contributed by atoms with Gasteiger partial charge in [-0.25, -0.2) is 0 Å². The van der Waals surface area contributed by atoms with Crippen molar-refractivity contribution in [3.63, 3.8) is 0 Å². The maximum absolute atomic E-state index is 5.44. The number of benzene rings is 1. The van der Waals surface area contributed by atoms with Gasteiger partial charge in [-0.2, -0.15) is 0 Å². The summed E-state index contributed by atoms with van der Waals surface area (Å²) in [6, 6.07) is 4.21. The molecule has 0 saturated carbocycles. The van der Waals surface area contributed by atoms with Crippen molar-refractivity contribution in [1.82, 2.24) is 0 Å². The van der Waals surface area contributed by atoms with Gasteiger partial charge in [-0.05, 0) is 55.6 Å². The predicted molar refractivity (Wildman–Crippen MR) is 65.2 cm³/mol. The normalized spacial score (nSPS) is 10.9. The van der Waals surface area contributed by atoms with E-state index in [2.05, 4.69) is 38.1 Å². The fourth-order valence-electron chi connectivity index (χ4n) is 1.52. The van der Waals surface area contributed by atoms with E-state index in [9.17, 15) is 0 Å². The molecule has 0 fully saturated rings. The first-order valence-corrected chi connectivity index (χ1v) is 5.21. The maximum Gasteiger partial charge on any atom is 0.122 e. The molecule has 0 unspecified atom stereocenters. The number of rotatable bonds is 4. The standard InChI is InChI=1S/C13H19NO/c1-10-9-13(15-3)11(2)8-12(10)6-4-5-7-14/h4,6,8-9H,5,7,14H2,1-3H3. The molecule has 1 aromatic carbocycles. The Morgan fingerprint density at radius 1 is 1.27 bits per heavy atom. The van der Waals surface area contributed by atoms with E-state index in [-0.39, 0.29) is 0 Å². The molecule has 0 spiro atoms. The molecule has 0 atom stereocenters. The van der Waals surface area contributed by atoms with Gasteiger partial charge in [0.1, 0.15) is 5.75 Å². The first-order valence-electron chi connectivity index (χ1n) is 5.21. The highest BCUT2D eigenvalue weighted by molar-refractivity contribution is 5.57. The fourth-order valence-corrected chi connectivity index (χ4v) is 1.52. The molecule has 2 N–H and O–H groups in total. The molecule has 0 aliphatic heterocycles. The van der Waals surface area contributed by atoms with Crippen LogP contribution in [0.4, 0.5) is 0 Å². The molecule has 2 nitrogen and oxygen atoms in total. The van der Waals surface area contributed by atoms with Gasteiger partial charge in [0.2, 0.25) is 0 Å². The molecule has 0 radical (unpaired) electrons. The molecule has 82 valence electrons. The molecule has 0 aromatic heterocycles. The van der Waals surface area contributed by atoms with Crippen LogP contribution < -0.4 is 10.5 Å². The van der Waals surface area contributed by atoms with E-state index in [4.69, 9.17) is 10.5 Å². The maximum atomic E-state index is 5.44. The molecule has 0 amide bonds. The van der Waals surface area contributed by atoms with E-state index in [0.29, 0.717) is 6.54 Å². The van der Waals surface area contributed by atoms with Gasteiger partial charge in [-0.3, -0.25) is 0 Å². The molecule has 1 rings (SSSR count). The van der Waals surface area contributed by atoms with Crippen molar-refractivity contribution < 1.29 is 4.74 Å². The van der Waals surface area contributed by atoms with Crippen molar-refractivity contribution >= 4 is 6.08 Å². The summed E-state index contributed by atoms with van der Waals surface area (Å²) in [5.74, 6) is 0.948. The Hall–Kier alpha value is -1.28. The van der Waals surface area contributed by atoms with Crippen LogP contribution >= 0.6 is 0 Å². The van der Waals surface area contributed by atoms with Crippen LogP contribution in [0.5, 0.6) is 5.75 Å². The van der Waals surface area contributed by atoms with Crippen molar-refractivity contribution in [2.45, 2.75) is 20.3 Å². The van der Waals surface area contributed by atoms with Crippen molar-refractivity contribution in [2.24, 2.45) is 5.73 Å². The second kappa shape index (κ2) is 5.56. The van der Waals surface area contributed by atoms with Crippen LogP contribution in [0.15, 0.2) is 18.2 Å². The van der Waals surface area contributed by atoms with Gasteiger partial charge >= 0.3 is 0 Å². The number of methoxy groups -OCH3 is 1. The quantitative estimate of drug-likeness (QED) is 0.820. The lowest BCUT2D eigenvalue weighted by Gasteiger charge is -2.08. The second-order valence-corrected chi connectivity index (χ2v) is 3.66. The fraction of sp³-hybridized carbons (Fsp3) is 0.385. The molecule has 0 aliphatic carbocycles. The highest BCUT2D eigenvalue weighted by Gasteiger charge is 2.01. The largest absolute Gasteiger partial charge is 0.496 e. The lowest BCUT2D eigenvalue weighted by atomic mass is 10.0. The van der Waals surface area contributed by atoms with Gasteiger partial charge in [0.25, 0.3) is 0 Å². The lowest BCUT2D eigenvalue weighted by molar-refractivity contribution is 0.411. The third kappa shape index (κ3) is 3.10. The van der Waals surface area contributed by atoms with Crippen molar-refractivity contribution in [2.75, 3.05) is 13.7 Å². The summed E-state index contributed by atoms with van der Waals surface area (Å²) >= 11 is 0. The van der Waals surface area contributed by atoms with E-state index >= 15 is 0 Å². The molecular formula is C13H19NO. The van der Waals surface area contributed by atoms with Crippen LogP contribution in [0.25, 0.3) is 6.08 Å². The van der Waals surface area contributed by atoms with Gasteiger partial charge in [-0.15, -0.1) is 0 Å². The van der Waals surface area contributed by atoms with E-state index in [0.717, 1.165) is 17.7 Å². The van der Waals surface area contributed by atoms with E-state index in [1.165, 1.54) is 11.1 Å². The number of aryl methyl sites for hydroxylation is 2. The van der Waals surface area contributed by atoms with Gasteiger partial charge in [-0.1, -0.05) is 12.2 Å². The Morgan fingerprint density at radius 3 is 2.60 bits per heavy atom. The monoisotopic (exact) mass is 205 g/mol. The Balaban J connectivity index is 2.95. The Kier molecular flexibility index (Phi) is 4.37. The molecule has 0 saturated heterocycles. The van der Waals surface area contributed by atoms with Gasteiger partial charge in [0, 0.05) is 0 Å². The average Bonchev–Trinajstić information content (AvgIpc) is 2.23. The molecule has 0 heterocycles. The zero-order chi connectivity index (χ0) is 11.3. The summed E-state index contributed by atoms with van der Waals surface area (Å²) in [7, 11) is 1.70. The van der Waals surface area contributed by atoms with Crippen LogP contribution in [0.2, 0.25) is 0 Å². The summed E-state index contributed by atoms with van der Waals surface area (Å²) in [6.45, 7) is 4.84. The number of ether oxygens (including phenoxy) is 1. The van der Waals surface area contributed by atoms with E-state index < -0.39 is 0 Å². The zero-order valence-corrected chi connectivity index (χ0v) is 9.71. The molecule has 1 aromatic rings. The number of hydrogen-bond donors (Lipinski definition) is 1. The van der Waals surface area contributed by atoms with Gasteiger partial charge in [0.15, 0.2) is 0 Å². The Bertz CT molecular complexity index is 356. The minimum absolute atomic E-state index is 0.699. The third-order valence-electron chi connectivity index (χ3n) is 2.41. The summed E-state index contributed by atoms with van der Waals surface area (Å²) in [5, 5.41) is 0. The van der Waals surface area contributed by atoms with Crippen LogP contribution in [0, 0.1) is 13.8 Å². The van der Waals surface area contributed by atoms with E-state index in [1.807, 2.05) is 0 Å². The minimum atomic E-state index is 0.699. The Morgan fingerprint density at radius 2 is 2.00 bits per heavy atom. The average molecular weight is 205 g/mol. The summed E-state index contributed by atoms with van der Waals surface area (Å²) in [6.07, 6.45) is 5.15. The van der Waals surface area contributed by atoms with E-state index in [1.54, 1.807) is 7.11 Å². The van der Waals surface area contributed by atoms with Crippen LogP contribution in [0.1, 0.15) is 23.1 Å². The molecule has 2 heteroatoms. The smallest absolute Gasteiger partial charge is 0.122 e. The first-order chi connectivity index (χ1) is 7.19.